The molecule has 1 N–H and O–H groups in total. The van der Waals surface area contributed by atoms with Gasteiger partial charge in [0.1, 0.15) is 0 Å². The fourth-order valence-corrected chi connectivity index (χ4v) is 3.89. The van der Waals surface area contributed by atoms with Crippen LogP contribution >= 0.6 is 0 Å². The number of nitrogens with zero attached hydrogens (tertiary/aromatic N) is 3. The van der Waals surface area contributed by atoms with E-state index in [1.807, 2.05) is 6.92 Å². The highest BCUT2D eigenvalue weighted by Crippen LogP contribution is 2.32. The molecule has 1 aliphatic heterocycles. The Morgan fingerprint density at radius 3 is 2.81 bits per heavy atom. The van der Waals surface area contributed by atoms with Crippen LogP contribution in [0.5, 0.6) is 0 Å². The van der Waals surface area contributed by atoms with Crippen molar-refractivity contribution in [2.75, 3.05) is 13.1 Å². The molecule has 21 heavy (non-hydrogen) atoms. The minimum Gasteiger partial charge on any atom is -0.392 e. The highest BCUT2D eigenvalue weighted by Gasteiger charge is 2.35. The number of aliphatic hydroxyl groups excluding tert-OH is 1. The zero-order valence-corrected chi connectivity index (χ0v) is 13.0. The molecular weight excluding hydrogens is 266 g/mol. The van der Waals surface area contributed by atoms with Crippen LogP contribution in [0.2, 0.25) is 0 Å². The van der Waals surface area contributed by atoms with E-state index in [1.54, 1.807) is 0 Å². The van der Waals surface area contributed by atoms with Gasteiger partial charge in [-0.05, 0) is 38.6 Å². The first-order valence-corrected chi connectivity index (χ1v) is 8.44. The second kappa shape index (κ2) is 6.88. The molecule has 5 nitrogen and oxygen atoms in total. The first-order chi connectivity index (χ1) is 10.2. The van der Waals surface area contributed by atoms with Gasteiger partial charge in [-0.1, -0.05) is 37.3 Å². The molecule has 0 amide bonds. The van der Waals surface area contributed by atoms with Gasteiger partial charge < -0.3 is 9.63 Å². The van der Waals surface area contributed by atoms with Gasteiger partial charge in [-0.15, -0.1) is 0 Å². The Bertz CT molecular complexity index is 442. The van der Waals surface area contributed by atoms with Crippen LogP contribution in [0.3, 0.4) is 0 Å². The average molecular weight is 293 g/mol. The van der Waals surface area contributed by atoms with Gasteiger partial charge in [0, 0.05) is 6.54 Å². The molecule has 1 saturated carbocycles. The van der Waals surface area contributed by atoms with Gasteiger partial charge in [0.2, 0.25) is 5.89 Å². The van der Waals surface area contributed by atoms with Crippen molar-refractivity contribution in [1.29, 1.82) is 0 Å². The summed E-state index contributed by atoms with van der Waals surface area (Å²) in [6.45, 7) is 3.60. The van der Waals surface area contributed by atoms with E-state index in [0.29, 0.717) is 18.1 Å². The summed E-state index contributed by atoms with van der Waals surface area (Å²) in [6, 6.07) is 0.104. The highest BCUT2D eigenvalue weighted by molar-refractivity contribution is 4.98. The molecular formula is C16H27N3O2. The van der Waals surface area contributed by atoms with Gasteiger partial charge in [0.15, 0.2) is 5.82 Å². The molecule has 0 spiro atoms. The number of aliphatic hydroxyl groups is 1. The van der Waals surface area contributed by atoms with E-state index < -0.39 is 0 Å². The number of aromatic nitrogens is 2. The summed E-state index contributed by atoms with van der Waals surface area (Å²) >= 11 is 0. The quantitative estimate of drug-likeness (QED) is 0.904. The van der Waals surface area contributed by atoms with Gasteiger partial charge in [-0.25, -0.2) is 0 Å². The summed E-state index contributed by atoms with van der Waals surface area (Å²) in [6.07, 6.45) is 10.1. The van der Waals surface area contributed by atoms with E-state index >= 15 is 0 Å². The molecule has 1 saturated heterocycles. The van der Waals surface area contributed by atoms with Gasteiger partial charge >= 0.3 is 0 Å². The lowest BCUT2D eigenvalue weighted by Crippen LogP contribution is -2.26. The molecule has 0 bridgehead atoms. The monoisotopic (exact) mass is 293 g/mol. The van der Waals surface area contributed by atoms with Crippen LogP contribution in [0.25, 0.3) is 0 Å². The predicted molar refractivity (Wildman–Crippen MR) is 79.8 cm³/mol. The van der Waals surface area contributed by atoms with Crippen LogP contribution in [0.1, 0.15) is 69.1 Å². The van der Waals surface area contributed by atoms with Gasteiger partial charge in [-0.2, -0.15) is 4.98 Å². The minimum atomic E-state index is -0.267. The molecule has 118 valence electrons. The number of likely N-dealkylation sites (tertiary alicyclic amines) is 1. The smallest absolute Gasteiger partial charge is 0.244 e. The maximum absolute atomic E-state index is 9.95. The molecule has 0 unspecified atom stereocenters. The van der Waals surface area contributed by atoms with Crippen LogP contribution in [-0.4, -0.2) is 39.3 Å². The molecule has 3 rings (SSSR count). The Kier molecular flexibility index (Phi) is 4.91. The zero-order valence-electron chi connectivity index (χ0n) is 13.0. The lowest BCUT2D eigenvalue weighted by Gasteiger charge is -2.24. The van der Waals surface area contributed by atoms with Crippen molar-refractivity contribution in [2.24, 2.45) is 5.92 Å². The van der Waals surface area contributed by atoms with Gasteiger partial charge in [0.05, 0.1) is 12.1 Å². The standard InChI is InChI=1S/C16H27N3O2/c1-12-17-16(21-18-12)15-10-14(20)11-19(15)9-5-8-13-6-3-2-4-7-13/h13-15,20H,2-11H2,1H3/t14-,15+/m0/s1. The van der Waals surface area contributed by atoms with Crippen LogP contribution in [0.15, 0.2) is 4.52 Å². The van der Waals surface area contributed by atoms with Crippen LogP contribution in [-0.2, 0) is 0 Å². The third kappa shape index (κ3) is 3.83. The SMILES string of the molecule is Cc1noc([C@H]2C[C@H](O)CN2CCCC2CCCCC2)n1. The van der Waals surface area contributed by atoms with Crippen molar-refractivity contribution in [3.63, 3.8) is 0 Å². The minimum absolute atomic E-state index is 0.104. The van der Waals surface area contributed by atoms with Crippen molar-refractivity contribution in [3.8, 4) is 0 Å². The van der Waals surface area contributed by atoms with Crippen LogP contribution in [0, 0.1) is 12.8 Å². The molecule has 2 fully saturated rings. The van der Waals surface area contributed by atoms with Gasteiger partial charge in [-0.3, -0.25) is 4.90 Å². The van der Waals surface area contributed by atoms with Crippen molar-refractivity contribution in [3.05, 3.63) is 11.7 Å². The molecule has 0 radical (unpaired) electrons. The van der Waals surface area contributed by atoms with Crippen LogP contribution < -0.4 is 0 Å². The summed E-state index contributed by atoms with van der Waals surface area (Å²) in [5.74, 6) is 2.27. The summed E-state index contributed by atoms with van der Waals surface area (Å²) in [4.78, 5) is 6.66. The first kappa shape index (κ1) is 15.0. The summed E-state index contributed by atoms with van der Waals surface area (Å²) < 4.78 is 5.31. The zero-order chi connectivity index (χ0) is 14.7. The van der Waals surface area contributed by atoms with E-state index in [9.17, 15) is 5.11 Å². The Morgan fingerprint density at radius 2 is 2.10 bits per heavy atom. The molecule has 0 aromatic carbocycles. The Labute approximate surface area is 126 Å². The van der Waals surface area contributed by atoms with E-state index in [2.05, 4.69) is 15.0 Å². The molecule has 1 aromatic rings. The third-order valence-electron chi connectivity index (χ3n) is 4.99. The molecule has 5 heteroatoms. The maximum atomic E-state index is 9.95. The Hall–Kier alpha value is -0.940. The number of aryl methyl sites for hydroxylation is 1. The number of hydrogen-bond donors (Lipinski definition) is 1. The molecule has 2 atom stereocenters. The number of hydrogen-bond acceptors (Lipinski definition) is 5. The topological polar surface area (TPSA) is 62.4 Å². The fraction of sp³-hybridized carbons (Fsp3) is 0.875. The largest absolute Gasteiger partial charge is 0.392 e. The summed E-state index contributed by atoms with van der Waals surface area (Å²) in [5.41, 5.74) is 0. The Balaban J connectivity index is 1.50. The molecule has 1 aliphatic carbocycles. The normalized spacial score (nSPS) is 28.3. The second-order valence-electron chi connectivity index (χ2n) is 6.73. The summed E-state index contributed by atoms with van der Waals surface area (Å²) in [5, 5.41) is 13.8. The van der Waals surface area contributed by atoms with Crippen molar-refractivity contribution in [1.82, 2.24) is 15.0 Å². The van der Waals surface area contributed by atoms with Crippen LogP contribution in [0.4, 0.5) is 0 Å². The lowest BCUT2D eigenvalue weighted by atomic mass is 9.86. The van der Waals surface area contributed by atoms with E-state index in [1.165, 1.54) is 44.9 Å². The second-order valence-corrected chi connectivity index (χ2v) is 6.73. The molecule has 1 aromatic heterocycles. The van der Waals surface area contributed by atoms with Crippen molar-refractivity contribution < 1.29 is 9.63 Å². The lowest BCUT2D eigenvalue weighted by molar-refractivity contribution is 0.169. The average Bonchev–Trinajstić information content (AvgIpc) is 3.06. The highest BCUT2D eigenvalue weighted by atomic mass is 16.5. The fourth-order valence-electron chi connectivity index (χ4n) is 3.89. The first-order valence-electron chi connectivity index (χ1n) is 8.44. The summed E-state index contributed by atoms with van der Waals surface area (Å²) in [7, 11) is 0. The number of β-amino-alcohol motifs (C(OH)–C–C–N with tert-alkyl or cyclic N) is 1. The van der Waals surface area contributed by atoms with Gasteiger partial charge in [0.25, 0.3) is 0 Å². The Morgan fingerprint density at radius 1 is 1.29 bits per heavy atom. The molecule has 2 heterocycles. The predicted octanol–water partition coefficient (Wildman–Crippen LogP) is 2.85. The van der Waals surface area contributed by atoms with Crippen molar-refractivity contribution >= 4 is 0 Å². The number of rotatable bonds is 5. The van der Waals surface area contributed by atoms with E-state index in [-0.39, 0.29) is 12.1 Å². The maximum Gasteiger partial charge on any atom is 0.244 e. The van der Waals surface area contributed by atoms with Crippen molar-refractivity contribution in [2.45, 2.75) is 70.4 Å². The van der Waals surface area contributed by atoms with E-state index in [0.717, 1.165) is 19.0 Å². The molecule has 2 aliphatic rings. The van der Waals surface area contributed by atoms with E-state index in [4.69, 9.17) is 4.52 Å². The third-order valence-corrected chi connectivity index (χ3v) is 4.99.